The quantitative estimate of drug-likeness (QED) is 0.842. The van der Waals surface area contributed by atoms with Gasteiger partial charge in [0.25, 0.3) is 0 Å². The molecule has 1 saturated heterocycles. The topological polar surface area (TPSA) is 38.3 Å². The maximum atomic E-state index is 11.7. The molecule has 0 spiro atoms. The van der Waals surface area contributed by atoms with Gasteiger partial charge in [0.15, 0.2) is 0 Å². The molecule has 110 valence electrons. The minimum Gasteiger partial charge on any atom is -0.469 e. The molecule has 0 radical (unpaired) electrons. The molecule has 1 aliphatic heterocycles. The fourth-order valence-electron chi connectivity index (χ4n) is 2.77. The molecule has 0 bridgehead atoms. The molecule has 0 saturated carbocycles. The lowest BCUT2D eigenvalue weighted by Gasteiger charge is -2.30. The van der Waals surface area contributed by atoms with Crippen LogP contribution in [-0.4, -0.2) is 19.6 Å². The summed E-state index contributed by atoms with van der Waals surface area (Å²) in [5.41, 5.74) is 2.75. The van der Waals surface area contributed by atoms with Gasteiger partial charge in [-0.05, 0) is 35.9 Å². The third kappa shape index (κ3) is 3.40. The number of piperidine rings is 1. The Hall–Kier alpha value is -1.35. The Morgan fingerprint density at radius 1 is 1.35 bits per heavy atom. The highest BCUT2D eigenvalue weighted by molar-refractivity contribution is 5.72. The average Bonchev–Trinajstić information content (AvgIpc) is 2.46. The van der Waals surface area contributed by atoms with E-state index >= 15 is 0 Å². The molecule has 1 aliphatic rings. The lowest BCUT2D eigenvalue weighted by atomic mass is 9.83. The second kappa shape index (κ2) is 5.96. The summed E-state index contributed by atoms with van der Waals surface area (Å²) < 4.78 is 4.89. The lowest BCUT2D eigenvalue weighted by molar-refractivity contribution is -0.146. The molecule has 0 aromatic heterocycles. The van der Waals surface area contributed by atoms with Crippen molar-refractivity contribution in [2.75, 3.05) is 13.7 Å². The Balaban J connectivity index is 2.17. The molecule has 3 heteroatoms. The maximum absolute atomic E-state index is 11.7. The standard InChI is InChI=1S/C17H25NO2/c1-17(2,3)14-7-5-6-12(10-14)15-11-13(8-9-18-15)16(19)20-4/h5-7,10,13,15,18H,8-9,11H2,1-4H3. The molecule has 1 aromatic rings. The predicted molar refractivity (Wildman–Crippen MR) is 80.6 cm³/mol. The number of ether oxygens (including phenoxy) is 1. The van der Waals surface area contributed by atoms with Crippen molar-refractivity contribution in [2.24, 2.45) is 5.92 Å². The van der Waals surface area contributed by atoms with Gasteiger partial charge in [0.1, 0.15) is 0 Å². The van der Waals surface area contributed by atoms with Gasteiger partial charge in [-0.25, -0.2) is 0 Å². The molecular weight excluding hydrogens is 250 g/mol. The minimum absolute atomic E-state index is 0.0181. The summed E-state index contributed by atoms with van der Waals surface area (Å²) in [4.78, 5) is 11.7. The molecule has 3 nitrogen and oxygen atoms in total. The first-order chi connectivity index (χ1) is 9.41. The van der Waals surface area contributed by atoms with E-state index in [0.717, 1.165) is 19.4 Å². The molecule has 1 N–H and O–H groups in total. The molecule has 0 aliphatic carbocycles. The van der Waals surface area contributed by atoms with Gasteiger partial charge >= 0.3 is 5.97 Å². The first kappa shape index (κ1) is 15.0. The van der Waals surface area contributed by atoms with E-state index in [2.05, 4.69) is 50.4 Å². The van der Waals surface area contributed by atoms with Crippen LogP contribution >= 0.6 is 0 Å². The van der Waals surface area contributed by atoms with Gasteiger partial charge in [0, 0.05) is 6.04 Å². The zero-order chi connectivity index (χ0) is 14.8. The van der Waals surface area contributed by atoms with Crippen LogP contribution in [0.2, 0.25) is 0 Å². The van der Waals surface area contributed by atoms with Crippen molar-refractivity contribution in [2.45, 2.75) is 45.1 Å². The monoisotopic (exact) mass is 275 g/mol. The van der Waals surface area contributed by atoms with E-state index in [1.165, 1.54) is 18.2 Å². The highest BCUT2D eigenvalue weighted by Gasteiger charge is 2.28. The summed E-state index contributed by atoms with van der Waals surface area (Å²) in [5, 5.41) is 3.52. The third-order valence-corrected chi connectivity index (χ3v) is 4.09. The number of carbonyl (C=O) groups is 1. The van der Waals surface area contributed by atoms with Gasteiger partial charge in [-0.1, -0.05) is 45.0 Å². The van der Waals surface area contributed by atoms with Crippen molar-refractivity contribution in [1.82, 2.24) is 5.32 Å². The highest BCUT2D eigenvalue weighted by atomic mass is 16.5. The minimum atomic E-state index is -0.0801. The Morgan fingerprint density at radius 2 is 2.10 bits per heavy atom. The van der Waals surface area contributed by atoms with Crippen LogP contribution in [0, 0.1) is 5.92 Å². The molecule has 1 fully saturated rings. The van der Waals surface area contributed by atoms with Gasteiger partial charge in [-0.2, -0.15) is 0 Å². The Bertz CT molecular complexity index is 476. The molecular formula is C17H25NO2. The summed E-state index contributed by atoms with van der Waals surface area (Å²) in [6.07, 6.45) is 1.68. The molecule has 2 unspecified atom stereocenters. The van der Waals surface area contributed by atoms with Crippen LogP contribution in [0.3, 0.4) is 0 Å². The normalized spacial score (nSPS) is 23.4. The Labute approximate surface area is 121 Å². The molecule has 2 rings (SSSR count). The number of hydrogen-bond acceptors (Lipinski definition) is 3. The van der Waals surface area contributed by atoms with E-state index in [4.69, 9.17) is 4.74 Å². The van der Waals surface area contributed by atoms with Crippen LogP contribution < -0.4 is 5.32 Å². The zero-order valence-corrected chi connectivity index (χ0v) is 12.9. The lowest BCUT2D eigenvalue weighted by Crippen LogP contribution is -2.35. The van der Waals surface area contributed by atoms with Gasteiger partial charge in [-0.3, -0.25) is 4.79 Å². The van der Waals surface area contributed by atoms with Crippen LogP contribution in [-0.2, 0) is 14.9 Å². The second-order valence-electron chi connectivity index (χ2n) is 6.63. The summed E-state index contributed by atoms with van der Waals surface area (Å²) in [7, 11) is 1.47. The van der Waals surface area contributed by atoms with Gasteiger partial charge in [-0.15, -0.1) is 0 Å². The van der Waals surface area contributed by atoms with Crippen LogP contribution in [0.4, 0.5) is 0 Å². The van der Waals surface area contributed by atoms with E-state index < -0.39 is 0 Å². The number of carbonyl (C=O) groups excluding carboxylic acids is 1. The largest absolute Gasteiger partial charge is 0.469 e. The molecule has 1 heterocycles. The van der Waals surface area contributed by atoms with Crippen LogP contribution in [0.25, 0.3) is 0 Å². The van der Waals surface area contributed by atoms with Crippen LogP contribution in [0.1, 0.15) is 50.8 Å². The summed E-state index contributed by atoms with van der Waals surface area (Å²) in [6, 6.07) is 8.93. The van der Waals surface area contributed by atoms with Crippen LogP contribution in [0.15, 0.2) is 24.3 Å². The van der Waals surface area contributed by atoms with Crippen molar-refractivity contribution < 1.29 is 9.53 Å². The molecule has 1 aromatic carbocycles. The van der Waals surface area contributed by atoms with Crippen LogP contribution in [0.5, 0.6) is 0 Å². The van der Waals surface area contributed by atoms with Gasteiger partial charge < -0.3 is 10.1 Å². The van der Waals surface area contributed by atoms with E-state index in [0.29, 0.717) is 0 Å². The molecule has 2 atom stereocenters. The summed E-state index contributed by atoms with van der Waals surface area (Å²) >= 11 is 0. The number of nitrogens with one attached hydrogen (secondary N) is 1. The predicted octanol–water partition coefficient (Wildman–Crippen LogP) is 3.20. The van der Waals surface area contributed by atoms with Crippen molar-refractivity contribution in [1.29, 1.82) is 0 Å². The third-order valence-electron chi connectivity index (χ3n) is 4.09. The first-order valence-corrected chi connectivity index (χ1v) is 7.33. The van der Waals surface area contributed by atoms with E-state index in [1.807, 2.05) is 0 Å². The Kier molecular flexibility index (Phi) is 4.48. The number of methoxy groups -OCH3 is 1. The fourth-order valence-corrected chi connectivity index (χ4v) is 2.77. The van der Waals surface area contributed by atoms with E-state index in [-0.39, 0.29) is 23.3 Å². The zero-order valence-electron chi connectivity index (χ0n) is 12.9. The molecule has 0 amide bonds. The number of rotatable bonds is 2. The number of benzene rings is 1. The van der Waals surface area contributed by atoms with Gasteiger partial charge in [0.2, 0.25) is 0 Å². The Morgan fingerprint density at radius 3 is 2.75 bits per heavy atom. The number of esters is 1. The maximum Gasteiger partial charge on any atom is 0.308 e. The van der Waals surface area contributed by atoms with E-state index in [1.54, 1.807) is 0 Å². The smallest absolute Gasteiger partial charge is 0.308 e. The fraction of sp³-hybridized carbons (Fsp3) is 0.588. The van der Waals surface area contributed by atoms with Crippen molar-refractivity contribution in [3.05, 3.63) is 35.4 Å². The SMILES string of the molecule is COC(=O)C1CCNC(c2cccc(C(C)(C)C)c2)C1. The molecule has 20 heavy (non-hydrogen) atoms. The number of hydrogen-bond donors (Lipinski definition) is 1. The van der Waals surface area contributed by atoms with Crippen molar-refractivity contribution in [3.63, 3.8) is 0 Å². The van der Waals surface area contributed by atoms with Crippen molar-refractivity contribution in [3.8, 4) is 0 Å². The van der Waals surface area contributed by atoms with Crippen molar-refractivity contribution >= 4 is 5.97 Å². The summed E-state index contributed by atoms with van der Waals surface area (Å²) in [5.74, 6) is -0.0620. The second-order valence-corrected chi connectivity index (χ2v) is 6.63. The van der Waals surface area contributed by atoms with E-state index in [9.17, 15) is 4.79 Å². The summed E-state index contributed by atoms with van der Waals surface area (Å²) in [6.45, 7) is 7.52. The highest BCUT2D eigenvalue weighted by Crippen LogP contribution is 2.31. The first-order valence-electron chi connectivity index (χ1n) is 7.33. The van der Waals surface area contributed by atoms with Gasteiger partial charge in [0.05, 0.1) is 13.0 Å². The average molecular weight is 275 g/mol.